The van der Waals surface area contributed by atoms with E-state index in [-0.39, 0.29) is 5.91 Å². The number of nitrogens with one attached hydrogen (secondary N) is 1. The zero-order valence-corrected chi connectivity index (χ0v) is 10.9. The van der Waals surface area contributed by atoms with Gasteiger partial charge in [-0.15, -0.1) is 10.2 Å². The summed E-state index contributed by atoms with van der Waals surface area (Å²) in [5.74, 6) is 1.04. The van der Waals surface area contributed by atoms with Gasteiger partial charge in [0.15, 0.2) is 0 Å². The van der Waals surface area contributed by atoms with Crippen LogP contribution < -0.4 is 5.32 Å². The third kappa shape index (κ3) is 4.54. The summed E-state index contributed by atoms with van der Waals surface area (Å²) in [7, 11) is 0. The summed E-state index contributed by atoms with van der Waals surface area (Å²) in [5.41, 5.74) is 1.22. The zero-order chi connectivity index (χ0) is 13.5. The number of carbonyl (C=O) groups is 1. The molecule has 0 aliphatic carbocycles. The van der Waals surface area contributed by atoms with E-state index >= 15 is 0 Å². The smallest absolute Gasteiger partial charge is 0.220 e. The second-order valence-electron chi connectivity index (χ2n) is 4.30. The lowest BCUT2D eigenvalue weighted by Crippen LogP contribution is -2.25. The monoisotopic (exact) mass is 259 g/mol. The zero-order valence-electron chi connectivity index (χ0n) is 10.9. The lowest BCUT2D eigenvalue weighted by atomic mass is 10.1. The Morgan fingerprint density at radius 1 is 1.21 bits per heavy atom. The number of carbonyl (C=O) groups excluding carboxylic acids is 1. The summed E-state index contributed by atoms with van der Waals surface area (Å²) < 4.78 is 5.21. The SMILES string of the molecule is Cc1nnc(CCC(=O)NCCc2ccccc2)o1. The molecular weight excluding hydrogens is 242 g/mol. The van der Waals surface area contributed by atoms with Crippen molar-refractivity contribution >= 4 is 5.91 Å². The van der Waals surface area contributed by atoms with Crippen molar-refractivity contribution < 1.29 is 9.21 Å². The van der Waals surface area contributed by atoms with Crippen molar-refractivity contribution in [1.29, 1.82) is 0 Å². The molecule has 2 aromatic rings. The third-order valence-corrected chi connectivity index (χ3v) is 2.71. The molecule has 5 heteroatoms. The largest absolute Gasteiger partial charge is 0.426 e. The van der Waals surface area contributed by atoms with Crippen LogP contribution in [0.3, 0.4) is 0 Å². The number of hydrogen-bond acceptors (Lipinski definition) is 4. The lowest BCUT2D eigenvalue weighted by Gasteiger charge is -2.04. The van der Waals surface area contributed by atoms with Crippen molar-refractivity contribution in [2.75, 3.05) is 6.54 Å². The molecule has 0 unspecified atom stereocenters. The molecule has 2 rings (SSSR count). The fraction of sp³-hybridized carbons (Fsp3) is 0.357. The maximum absolute atomic E-state index is 11.6. The van der Waals surface area contributed by atoms with Crippen molar-refractivity contribution in [3.63, 3.8) is 0 Å². The Morgan fingerprint density at radius 2 is 2.00 bits per heavy atom. The standard InChI is InChI=1S/C14H17N3O2/c1-11-16-17-14(19-11)8-7-13(18)15-10-9-12-5-3-2-4-6-12/h2-6H,7-10H2,1H3,(H,15,18). The molecular formula is C14H17N3O2. The second kappa shape index (κ2) is 6.68. The van der Waals surface area contributed by atoms with Crippen LogP contribution in [0, 0.1) is 6.92 Å². The molecule has 0 bridgehead atoms. The molecule has 1 amide bonds. The molecule has 19 heavy (non-hydrogen) atoms. The fourth-order valence-electron chi connectivity index (χ4n) is 1.74. The third-order valence-electron chi connectivity index (χ3n) is 2.71. The molecule has 1 aromatic carbocycles. The van der Waals surface area contributed by atoms with E-state index in [0.29, 0.717) is 31.2 Å². The van der Waals surface area contributed by atoms with E-state index in [9.17, 15) is 4.79 Å². The van der Waals surface area contributed by atoms with Crippen molar-refractivity contribution in [3.8, 4) is 0 Å². The number of nitrogens with zero attached hydrogens (tertiary/aromatic N) is 2. The molecule has 0 aliphatic heterocycles. The van der Waals surface area contributed by atoms with Crippen molar-refractivity contribution in [3.05, 3.63) is 47.7 Å². The van der Waals surface area contributed by atoms with Gasteiger partial charge in [0.2, 0.25) is 17.7 Å². The Morgan fingerprint density at radius 3 is 2.68 bits per heavy atom. The molecule has 100 valence electrons. The number of rotatable bonds is 6. The number of hydrogen-bond donors (Lipinski definition) is 1. The molecule has 0 fully saturated rings. The number of benzene rings is 1. The van der Waals surface area contributed by atoms with E-state index < -0.39 is 0 Å². The minimum absolute atomic E-state index is 0.00628. The van der Waals surface area contributed by atoms with E-state index in [1.807, 2.05) is 30.3 Å². The van der Waals surface area contributed by atoms with Crippen LogP contribution >= 0.6 is 0 Å². The number of aryl methyl sites for hydroxylation is 2. The van der Waals surface area contributed by atoms with Gasteiger partial charge in [0.25, 0.3) is 0 Å². The van der Waals surface area contributed by atoms with E-state index in [0.717, 1.165) is 6.42 Å². The Hall–Kier alpha value is -2.17. The quantitative estimate of drug-likeness (QED) is 0.856. The summed E-state index contributed by atoms with van der Waals surface area (Å²) in [6.45, 7) is 2.38. The van der Waals surface area contributed by atoms with Gasteiger partial charge in [0.05, 0.1) is 0 Å². The lowest BCUT2D eigenvalue weighted by molar-refractivity contribution is -0.121. The van der Waals surface area contributed by atoms with Gasteiger partial charge in [0.1, 0.15) is 0 Å². The predicted octanol–water partition coefficient (Wildman–Crippen LogP) is 1.67. The average molecular weight is 259 g/mol. The van der Waals surface area contributed by atoms with Gasteiger partial charge in [-0.25, -0.2) is 0 Å². The van der Waals surface area contributed by atoms with Crippen LogP contribution in [0.5, 0.6) is 0 Å². The molecule has 0 atom stereocenters. The first-order valence-electron chi connectivity index (χ1n) is 6.33. The number of amides is 1. The maximum Gasteiger partial charge on any atom is 0.220 e. The molecule has 0 aliphatic rings. The molecule has 1 N–H and O–H groups in total. The Bertz CT molecular complexity index is 522. The first-order valence-corrected chi connectivity index (χ1v) is 6.33. The van der Waals surface area contributed by atoms with Crippen molar-refractivity contribution in [2.45, 2.75) is 26.2 Å². The maximum atomic E-state index is 11.6. The highest BCUT2D eigenvalue weighted by Gasteiger charge is 2.06. The van der Waals surface area contributed by atoms with Crippen LogP contribution in [0.2, 0.25) is 0 Å². The summed E-state index contributed by atoms with van der Waals surface area (Å²) >= 11 is 0. The van der Waals surface area contributed by atoms with Gasteiger partial charge in [-0.05, 0) is 12.0 Å². The number of aromatic nitrogens is 2. The van der Waals surface area contributed by atoms with Crippen molar-refractivity contribution in [2.24, 2.45) is 0 Å². The predicted molar refractivity (Wildman–Crippen MR) is 70.5 cm³/mol. The minimum atomic E-state index is 0.00628. The van der Waals surface area contributed by atoms with Crippen LogP contribution in [0.1, 0.15) is 23.8 Å². The highest BCUT2D eigenvalue weighted by Crippen LogP contribution is 2.01. The van der Waals surface area contributed by atoms with Gasteiger partial charge >= 0.3 is 0 Å². The van der Waals surface area contributed by atoms with Gasteiger partial charge in [0, 0.05) is 26.3 Å². The summed E-state index contributed by atoms with van der Waals surface area (Å²) in [6, 6.07) is 10.1. The van der Waals surface area contributed by atoms with E-state index in [4.69, 9.17) is 4.42 Å². The van der Waals surface area contributed by atoms with Gasteiger partial charge < -0.3 is 9.73 Å². The second-order valence-corrected chi connectivity index (χ2v) is 4.30. The molecule has 0 spiro atoms. The highest BCUT2D eigenvalue weighted by molar-refractivity contribution is 5.75. The molecule has 5 nitrogen and oxygen atoms in total. The molecule has 0 saturated heterocycles. The first kappa shape index (κ1) is 13.3. The first-order chi connectivity index (χ1) is 9.24. The fourth-order valence-corrected chi connectivity index (χ4v) is 1.74. The highest BCUT2D eigenvalue weighted by atomic mass is 16.4. The van der Waals surface area contributed by atoms with E-state index in [2.05, 4.69) is 15.5 Å². The van der Waals surface area contributed by atoms with Crippen LogP contribution in [0.15, 0.2) is 34.7 Å². The Labute approximate surface area is 112 Å². The summed E-state index contributed by atoms with van der Waals surface area (Å²) in [4.78, 5) is 11.6. The normalized spacial score (nSPS) is 10.4. The molecule has 0 saturated carbocycles. The van der Waals surface area contributed by atoms with Gasteiger partial charge in [-0.1, -0.05) is 30.3 Å². The minimum Gasteiger partial charge on any atom is -0.426 e. The van der Waals surface area contributed by atoms with Gasteiger partial charge in [-0.3, -0.25) is 4.79 Å². The topological polar surface area (TPSA) is 68.0 Å². The Balaban J connectivity index is 1.65. The van der Waals surface area contributed by atoms with Gasteiger partial charge in [-0.2, -0.15) is 0 Å². The Kier molecular flexibility index (Phi) is 4.66. The average Bonchev–Trinajstić information content (AvgIpc) is 2.83. The van der Waals surface area contributed by atoms with Crippen LogP contribution in [-0.2, 0) is 17.6 Å². The van der Waals surface area contributed by atoms with Crippen LogP contribution in [0.4, 0.5) is 0 Å². The summed E-state index contributed by atoms with van der Waals surface area (Å²) in [5, 5.41) is 10.4. The van der Waals surface area contributed by atoms with Crippen molar-refractivity contribution in [1.82, 2.24) is 15.5 Å². The molecule has 1 heterocycles. The molecule has 0 radical (unpaired) electrons. The van der Waals surface area contributed by atoms with E-state index in [1.165, 1.54) is 5.56 Å². The van der Waals surface area contributed by atoms with Crippen LogP contribution in [0.25, 0.3) is 0 Å². The molecule has 1 aromatic heterocycles. The van der Waals surface area contributed by atoms with Crippen LogP contribution in [-0.4, -0.2) is 22.6 Å². The van der Waals surface area contributed by atoms with E-state index in [1.54, 1.807) is 6.92 Å². The summed E-state index contributed by atoms with van der Waals surface area (Å²) in [6.07, 6.45) is 1.70.